The zero-order valence-corrected chi connectivity index (χ0v) is 16.5. The van der Waals surface area contributed by atoms with Gasteiger partial charge in [0, 0.05) is 31.7 Å². The van der Waals surface area contributed by atoms with Crippen molar-refractivity contribution in [3.05, 3.63) is 23.8 Å². The number of nitrogens with one attached hydrogen (secondary N) is 2. The molecule has 2 aliphatic rings. The molecule has 0 radical (unpaired) electrons. The fourth-order valence-corrected chi connectivity index (χ4v) is 4.99. The molecule has 7 nitrogen and oxygen atoms in total. The maximum Gasteiger partial charge on any atom is 0.240 e. The molecule has 1 aliphatic heterocycles. The molecule has 1 aromatic carbocycles. The molecule has 1 heterocycles. The third-order valence-corrected chi connectivity index (χ3v) is 6.79. The molecule has 1 aliphatic carbocycles. The van der Waals surface area contributed by atoms with E-state index in [0.717, 1.165) is 25.7 Å². The molecule has 0 aromatic heterocycles. The maximum absolute atomic E-state index is 12.6. The highest BCUT2D eigenvalue weighted by molar-refractivity contribution is 7.89. The summed E-state index contributed by atoms with van der Waals surface area (Å²) in [5.74, 6) is -0.142. The standard InChI is InChI=1S/C19H27N3O4S/c1-14(23)22(16-6-4-2-3-5-7-16)11-10-20-27(25,26)17-8-9-18-15(12-17)13-19(24)21-18/h8-9,12,16,20H,2-7,10-11,13H2,1H3,(H,21,24). The highest BCUT2D eigenvalue weighted by atomic mass is 32.2. The summed E-state index contributed by atoms with van der Waals surface area (Å²) in [6.45, 7) is 2.08. The van der Waals surface area contributed by atoms with E-state index in [9.17, 15) is 18.0 Å². The molecule has 0 bridgehead atoms. The van der Waals surface area contributed by atoms with E-state index in [1.54, 1.807) is 17.9 Å². The first-order valence-electron chi connectivity index (χ1n) is 9.56. The van der Waals surface area contributed by atoms with Crippen LogP contribution in [-0.2, 0) is 26.0 Å². The van der Waals surface area contributed by atoms with Gasteiger partial charge in [-0.3, -0.25) is 9.59 Å². The third-order valence-electron chi connectivity index (χ3n) is 5.33. The van der Waals surface area contributed by atoms with E-state index in [1.165, 1.54) is 25.0 Å². The van der Waals surface area contributed by atoms with Gasteiger partial charge in [-0.05, 0) is 36.6 Å². The second-order valence-corrected chi connectivity index (χ2v) is 9.07. The Hall–Kier alpha value is -1.93. The molecule has 0 spiro atoms. The van der Waals surface area contributed by atoms with Crippen molar-refractivity contribution in [3.8, 4) is 0 Å². The number of fused-ring (bicyclic) bond motifs is 1. The van der Waals surface area contributed by atoms with Crippen LogP contribution in [0.2, 0.25) is 0 Å². The number of amides is 2. The normalized spacial score (nSPS) is 17.9. The Morgan fingerprint density at radius 1 is 1.22 bits per heavy atom. The summed E-state index contributed by atoms with van der Waals surface area (Å²) in [6, 6.07) is 4.83. The fraction of sp³-hybridized carbons (Fsp3) is 0.579. The number of hydrogen-bond donors (Lipinski definition) is 2. The van der Waals surface area contributed by atoms with Crippen LogP contribution >= 0.6 is 0 Å². The van der Waals surface area contributed by atoms with Gasteiger partial charge in [0.2, 0.25) is 21.8 Å². The van der Waals surface area contributed by atoms with Crippen LogP contribution in [0.5, 0.6) is 0 Å². The maximum atomic E-state index is 12.6. The number of carbonyl (C=O) groups excluding carboxylic acids is 2. The number of sulfonamides is 1. The van der Waals surface area contributed by atoms with E-state index >= 15 is 0 Å². The van der Waals surface area contributed by atoms with Gasteiger partial charge in [-0.15, -0.1) is 0 Å². The van der Waals surface area contributed by atoms with Crippen molar-refractivity contribution in [2.24, 2.45) is 0 Å². The Labute approximate surface area is 160 Å². The largest absolute Gasteiger partial charge is 0.339 e. The second-order valence-electron chi connectivity index (χ2n) is 7.30. The minimum atomic E-state index is -3.69. The average molecular weight is 394 g/mol. The summed E-state index contributed by atoms with van der Waals surface area (Å²) in [6.07, 6.45) is 6.79. The van der Waals surface area contributed by atoms with Crippen LogP contribution in [0, 0.1) is 0 Å². The smallest absolute Gasteiger partial charge is 0.240 e. The van der Waals surface area contributed by atoms with Gasteiger partial charge in [-0.1, -0.05) is 25.7 Å². The molecule has 0 atom stereocenters. The predicted molar refractivity (Wildman–Crippen MR) is 103 cm³/mol. The number of rotatable bonds is 6. The van der Waals surface area contributed by atoms with Crippen LogP contribution in [-0.4, -0.2) is 44.3 Å². The van der Waals surface area contributed by atoms with E-state index < -0.39 is 10.0 Å². The Bertz CT molecular complexity index is 814. The van der Waals surface area contributed by atoms with Crippen LogP contribution in [0.25, 0.3) is 0 Å². The van der Waals surface area contributed by atoms with Crippen molar-refractivity contribution in [2.75, 3.05) is 18.4 Å². The molecule has 27 heavy (non-hydrogen) atoms. The molecule has 1 aromatic rings. The quantitative estimate of drug-likeness (QED) is 0.723. The van der Waals surface area contributed by atoms with E-state index in [2.05, 4.69) is 10.0 Å². The number of nitrogens with zero attached hydrogens (tertiary/aromatic N) is 1. The lowest BCUT2D eigenvalue weighted by Gasteiger charge is -2.30. The molecule has 0 saturated heterocycles. The van der Waals surface area contributed by atoms with Crippen molar-refractivity contribution < 1.29 is 18.0 Å². The molecule has 0 unspecified atom stereocenters. The van der Waals surface area contributed by atoms with Crippen LogP contribution in [0.3, 0.4) is 0 Å². The summed E-state index contributed by atoms with van der Waals surface area (Å²) >= 11 is 0. The molecule has 1 saturated carbocycles. The lowest BCUT2D eigenvalue weighted by Crippen LogP contribution is -2.43. The van der Waals surface area contributed by atoms with Gasteiger partial charge < -0.3 is 10.2 Å². The molecular formula is C19H27N3O4S. The van der Waals surface area contributed by atoms with Gasteiger partial charge in [0.05, 0.1) is 11.3 Å². The number of carbonyl (C=O) groups is 2. The summed E-state index contributed by atoms with van der Waals surface area (Å²) in [4.78, 5) is 25.4. The van der Waals surface area contributed by atoms with Gasteiger partial charge >= 0.3 is 0 Å². The zero-order valence-electron chi connectivity index (χ0n) is 15.7. The van der Waals surface area contributed by atoms with Crippen molar-refractivity contribution in [2.45, 2.75) is 62.8 Å². The van der Waals surface area contributed by atoms with Crippen LogP contribution in [0.1, 0.15) is 51.0 Å². The SMILES string of the molecule is CC(=O)N(CCNS(=O)(=O)c1ccc2c(c1)CC(=O)N2)C1CCCCCC1. The van der Waals surface area contributed by atoms with Crippen molar-refractivity contribution in [1.29, 1.82) is 0 Å². The van der Waals surface area contributed by atoms with Crippen LogP contribution in [0.4, 0.5) is 5.69 Å². The Kier molecular flexibility index (Phi) is 6.16. The lowest BCUT2D eigenvalue weighted by molar-refractivity contribution is -0.131. The summed E-state index contributed by atoms with van der Waals surface area (Å²) in [7, 11) is -3.69. The molecule has 3 rings (SSSR count). The third kappa shape index (κ3) is 4.87. The molecule has 2 amide bonds. The number of anilines is 1. The minimum absolute atomic E-state index is 0.0109. The van der Waals surface area contributed by atoms with Gasteiger partial charge in [-0.25, -0.2) is 13.1 Å². The summed E-state index contributed by atoms with van der Waals surface area (Å²) < 4.78 is 27.7. The molecule has 1 fully saturated rings. The molecule has 8 heteroatoms. The Balaban J connectivity index is 1.61. The van der Waals surface area contributed by atoms with Gasteiger partial charge in [0.25, 0.3) is 0 Å². The van der Waals surface area contributed by atoms with E-state index in [1.807, 2.05) is 0 Å². The zero-order chi connectivity index (χ0) is 19.4. The molecule has 148 valence electrons. The fourth-order valence-electron chi connectivity index (χ4n) is 3.92. The van der Waals surface area contributed by atoms with E-state index in [0.29, 0.717) is 17.8 Å². The van der Waals surface area contributed by atoms with Gasteiger partial charge in [0.15, 0.2) is 0 Å². The number of benzene rings is 1. The first-order chi connectivity index (χ1) is 12.9. The predicted octanol–water partition coefficient (Wildman–Crippen LogP) is 2.03. The minimum Gasteiger partial charge on any atom is -0.339 e. The number of hydrogen-bond acceptors (Lipinski definition) is 4. The van der Waals surface area contributed by atoms with E-state index in [-0.39, 0.29) is 35.7 Å². The monoisotopic (exact) mass is 393 g/mol. The van der Waals surface area contributed by atoms with Gasteiger partial charge in [-0.2, -0.15) is 0 Å². The average Bonchev–Trinajstić information content (AvgIpc) is 2.80. The summed E-state index contributed by atoms with van der Waals surface area (Å²) in [5, 5.41) is 2.69. The van der Waals surface area contributed by atoms with Gasteiger partial charge in [0.1, 0.15) is 0 Å². The lowest BCUT2D eigenvalue weighted by atomic mass is 10.1. The second kappa shape index (κ2) is 8.39. The topological polar surface area (TPSA) is 95.6 Å². The first-order valence-corrected chi connectivity index (χ1v) is 11.0. The van der Waals surface area contributed by atoms with E-state index in [4.69, 9.17) is 0 Å². The summed E-state index contributed by atoms with van der Waals surface area (Å²) in [5.41, 5.74) is 1.35. The molecular weight excluding hydrogens is 366 g/mol. The Morgan fingerprint density at radius 2 is 1.93 bits per heavy atom. The van der Waals surface area contributed by atoms with Crippen molar-refractivity contribution in [1.82, 2.24) is 9.62 Å². The van der Waals surface area contributed by atoms with Crippen LogP contribution < -0.4 is 10.0 Å². The highest BCUT2D eigenvalue weighted by Gasteiger charge is 2.24. The first kappa shape index (κ1) is 19.8. The highest BCUT2D eigenvalue weighted by Crippen LogP contribution is 2.26. The molecule has 2 N–H and O–H groups in total. The van der Waals surface area contributed by atoms with Crippen molar-refractivity contribution in [3.63, 3.8) is 0 Å². The van der Waals surface area contributed by atoms with Crippen molar-refractivity contribution >= 4 is 27.5 Å². The Morgan fingerprint density at radius 3 is 2.59 bits per heavy atom. The van der Waals surface area contributed by atoms with Crippen LogP contribution in [0.15, 0.2) is 23.1 Å².